The Kier molecular flexibility index (Phi) is 4.37. The molecule has 5 nitrogen and oxygen atoms in total. The highest BCUT2D eigenvalue weighted by atomic mass is 35.5. The van der Waals surface area contributed by atoms with E-state index in [1.165, 1.54) is 25.1 Å². The molecule has 94 valence electrons. The van der Waals surface area contributed by atoms with Gasteiger partial charge in [-0.15, -0.1) is 0 Å². The van der Waals surface area contributed by atoms with E-state index in [1.54, 1.807) is 0 Å². The highest BCUT2D eigenvalue weighted by molar-refractivity contribution is 7.89. The first-order valence-corrected chi connectivity index (χ1v) is 6.74. The minimum Gasteiger partial charge on any atom is -0.368 e. The summed E-state index contributed by atoms with van der Waals surface area (Å²) in [6, 6.07) is 2.98. The topological polar surface area (TPSA) is 89.3 Å². The quantitative estimate of drug-likeness (QED) is 0.873. The van der Waals surface area contributed by atoms with E-state index >= 15 is 0 Å². The van der Waals surface area contributed by atoms with E-state index in [-0.39, 0.29) is 14.9 Å². The average Bonchev–Trinajstić information content (AvgIpc) is 2.20. The average molecular weight is 297 g/mol. The molecule has 1 atom stereocenters. The van der Waals surface area contributed by atoms with Gasteiger partial charge in [0.2, 0.25) is 15.9 Å². The minimum atomic E-state index is -3.92. The summed E-state index contributed by atoms with van der Waals surface area (Å²) in [5, 5.41) is 0.236. The summed E-state index contributed by atoms with van der Waals surface area (Å²) >= 11 is 11.4. The van der Waals surface area contributed by atoms with Crippen LogP contribution < -0.4 is 10.5 Å². The van der Waals surface area contributed by atoms with Crippen molar-refractivity contribution in [3.63, 3.8) is 0 Å². The van der Waals surface area contributed by atoms with Crippen molar-refractivity contribution in [3.8, 4) is 0 Å². The maximum atomic E-state index is 11.9. The lowest BCUT2D eigenvalue weighted by atomic mass is 10.4. The number of nitrogens with one attached hydrogen (secondary N) is 1. The molecular weight excluding hydrogens is 287 g/mol. The van der Waals surface area contributed by atoms with Gasteiger partial charge in [-0.1, -0.05) is 23.2 Å². The summed E-state index contributed by atoms with van der Waals surface area (Å²) in [6.45, 7) is 1.33. The van der Waals surface area contributed by atoms with Gasteiger partial charge in [0.25, 0.3) is 0 Å². The molecule has 0 aromatic heterocycles. The maximum Gasteiger partial charge on any atom is 0.242 e. The van der Waals surface area contributed by atoms with Gasteiger partial charge in [-0.3, -0.25) is 4.79 Å². The minimum absolute atomic E-state index is 0.0126. The van der Waals surface area contributed by atoms with Crippen LogP contribution in [0.4, 0.5) is 0 Å². The molecular formula is C9H10Cl2N2O3S. The van der Waals surface area contributed by atoms with E-state index in [1.807, 2.05) is 0 Å². The number of halogens is 2. The lowest BCUT2D eigenvalue weighted by Gasteiger charge is -2.12. The number of carbonyl (C=O) groups is 1. The van der Waals surface area contributed by atoms with Crippen LogP contribution in [0.2, 0.25) is 10.0 Å². The Morgan fingerprint density at radius 1 is 1.41 bits per heavy atom. The highest BCUT2D eigenvalue weighted by Gasteiger charge is 2.22. The second-order valence-corrected chi connectivity index (χ2v) is 5.85. The van der Waals surface area contributed by atoms with Gasteiger partial charge in [-0.05, 0) is 25.1 Å². The molecule has 0 saturated heterocycles. The summed E-state index contributed by atoms with van der Waals surface area (Å²) in [5.41, 5.74) is 4.96. The van der Waals surface area contributed by atoms with Crippen LogP contribution in [0.15, 0.2) is 23.1 Å². The highest BCUT2D eigenvalue weighted by Crippen LogP contribution is 2.24. The van der Waals surface area contributed by atoms with Crippen LogP contribution >= 0.6 is 23.2 Å². The zero-order chi connectivity index (χ0) is 13.2. The van der Waals surface area contributed by atoms with Gasteiger partial charge in [0, 0.05) is 5.02 Å². The molecule has 0 fully saturated rings. The molecule has 3 N–H and O–H groups in total. The fourth-order valence-corrected chi connectivity index (χ4v) is 3.01. The van der Waals surface area contributed by atoms with Crippen LogP contribution in [0.25, 0.3) is 0 Å². The Balaban J connectivity index is 3.13. The predicted molar refractivity (Wildman–Crippen MR) is 65.4 cm³/mol. The number of amides is 1. The smallest absolute Gasteiger partial charge is 0.242 e. The molecule has 0 aliphatic rings. The van der Waals surface area contributed by atoms with Crippen LogP contribution in [0, 0.1) is 0 Å². The second kappa shape index (κ2) is 5.22. The standard InChI is InChI=1S/C9H10Cl2N2O3S/c1-5(9(12)14)13-17(15,16)8-4-6(10)2-3-7(8)11/h2-5,13H,1H3,(H2,12,14). The molecule has 0 aliphatic heterocycles. The van der Waals surface area contributed by atoms with Crippen molar-refractivity contribution in [1.82, 2.24) is 4.72 Å². The molecule has 1 rings (SSSR count). The van der Waals surface area contributed by atoms with Crippen LogP contribution in [-0.4, -0.2) is 20.4 Å². The van der Waals surface area contributed by atoms with Crippen LogP contribution in [-0.2, 0) is 14.8 Å². The van der Waals surface area contributed by atoms with E-state index in [0.717, 1.165) is 0 Å². The normalized spacial score (nSPS) is 13.4. The molecule has 1 amide bonds. The van der Waals surface area contributed by atoms with Crippen molar-refractivity contribution in [2.45, 2.75) is 17.9 Å². The summed E-state index contributed by atoms with van der Waals surface area (Å²) in [4.78, 5) is 10.6. The molecule has 17 heavy (non-hydrogen) atoms. The number of carbonyl (C=O) groups excluding carboxylic acids is 1. The Bertz CT molecular complexity index is 545. The Morgan fingerprint density at radius 3 is 2.53 bits per heavy atom. The molecule has 0 bridgehead atoms. The van der Waals surface area contributed by atoms with Gasteiger partial charge in [0.15, 0.2) is 0 Å². The number of benzene rings is 1. The number of nitrogens with two attached hydrogens (primary N) is 1. The van der Waals surface area contributed by atoms with E-state index in [0.29, 0.717) is 0 Å². The number of primary amides is 1. The van der Waals surface area contributed by atoms with E-state index in [2.05, 4.69) is 4.72 Å². The molecule has 0 spiro atoms. The Morgan fingerprint density at radius 2 is 2.00 bits per heavy atom. The molecule has 8 heteroatoms. The maximum absolute atomic E-state index is 11.9. The first-order valence-electron chi connectivity index (χ1n) is 4.51. The molecule has 0 radical (unpaired) electrons. The van der Waals surface area contributed by atoms with Crippen molar-refractivity contribution < 1.29 is 13.2 Å². The number of sulfonamides is 1. The monoisotopic (exact) mass is 296 g/mol. The summed E-state index contributed by atoms with van der Waals surface area (Å²) < 4.78 is 25.8. The van der Waals surface area contributed by atoms with Crippen LogP contribution in [0.5, 0.6) is 0 Å². The number of hydrogen-bond acceptors (Lipinski definition) is 3. The third-order valence-electron chi connectivity index (χ3n) is 1.94. The molecule has 1 aromatic rings. The zero-order valence-electron chi connectivity index (χ0n) is 8.78. The van der Waals surface area contributed by atoms with Crippen molar-refractivity contribution in [2.75, 3.05) is 0 Å². The fourth-order valence-electron chi connectivity index (χ4n) is 1.04. The predicted octanol–water partition coefficient (Wildman–Crippen LogP) is 1.15. The molecule has 0 aliphatic carbocycles. The molecule has 1 aromatic carbocycles. The number of rotatable bonds is 4. The summed E-state index contributed by atoms with van der Waals surface area (Å²) in [5.74, 6) is -0.785. The van der Waals surface area contributed by atoms with Crippen LogP contribution in [0.1, 0.15) is 6.92 Å². The summed E-state index contributed by atoms with van der Waals surface area (Å²) in [6.07, 6.45) is 0. The third kappa shape index (κ3) is 3.57. The largest absolute Gasteiger partial charge is 0.368 e. The van der Waals surface area contributed by atoms with Gasteiger partial charge in [0.05, 0.1) is 11.1 Å². The zero-order valence-corrected chi connectivity index (χ0v) is 11.1. The van der Waals surface area contributed by atoms with Gasteiger partial charge in [-0.25, -0.2) is 8.42 Å². The molecule has 0 heterocycles. The molecule has 1 unspecified atom stereocenters. The van der Waals surface area contributed by atoms with Gasteiger partial charge < -0.3 is 5.73 Å². The van der Waals surface area contributed by atoms with Gasteiger partial charge in [0.1, 0.15) is 4.90 Å². The first-order chi connectivity index (χ1) is 7.74. The van der Waals surface area contributed by atoms with Crippen molar-refractivity contribution in [1.29, 1.82) is 0 Å². The van der Waals surface area contributed by atoms with Crippen molar-refractivity contribution in [3.05, 3.63) is 28.2 Å². The van der Waals surface area contributed by atoms with Crippen molar-refractivity contribution >= 4 is 39.1 Å². The van der Waals surface area contributed by atoms with Crippen LogP contribution in [0.3, 0.4) is 0 Å². The third-order valence-corrected chi connectivity index (χ3v) is 4.20. The van der Waals surface area contributed by atoms with Crippen molar-refractivity contribution in [2.24, 2.45) is 5.73 Å². The second-order valence-electron chi connectivity index (χ2n) is 3.32. The van der Waals surface area contributed by atoms with E-state index < -0.39 is 22.0 Å². The first kappa shape index (κ1) is 14.2. The lowest BCUT2D eigenvalue weighted by molar-refractivity contribution is -0.119. The SMILES string of the molecule is CC(NS(=O)(=O)c1cc(Cl)ccc1Cl)C(N)=O. The van der Waals surface area contributed by atoms with E-state index in [9.17, 15) is 13.2 Å². The number of hydrogen-bond donors (Lipinski definition) is 2. The van der Waals surface area contributed by atoms with Gasteiger partial charge >= 0.3 is 0 Å². The Hall–Kier alpha value is -0.820. The van der Waals surface area contributed by atoms with E-state index in [4.69, 9.17) is 28.9 Å². The lowest BCUT2D eigenvalue weighted by Crippen LogP contribution is -2.42. The van der Waals surface area contributed by atoms with Gasteiger partial charge in [-0.2, -0.15) is 4.72 Å². The summed E-state index contributed by atoms with van der Waals surface area (Å²) in [7, 11) is -3.92. The molecule has 0 saturated carbocycles. The fraction of sp³-hybridized carbons (Fsp3) is 0.222. The Labute approximate surface area is 109 Å².